The molecule has 0 saturated heterocycles. The summed E-state index contributed by atoms with van der Waals surface area (Å²) in [7, 11) is -3.82. The number of aromatic nitrogens is 3. The SMILES string of the molecule is CCOc1ccc(S(=O)(=O)Nc2ncn(Cc3cccc(F)c3)n2)cc1. The molecule has 136 valence electrons. The normalized spacial score (nSPS) is 11.3. The van der Waals surface area contributed by atoms with Crippen molar-refractivity contribution in [2.45, 2.75) is 18.4 Å². The minimum absolute atomic E-state index is 0.0599. The largest absolute Gasteiger partial charge is 0.494 e. The number of hydrogen-bond acceptors (Lipinski definition) is 5. The molecule has 0 saturated carbocycles. The third kappa shape index (κ3) is 4.37. The van der Waals surface area contributed by atoms with E-state index in [0.29, 0.717) is 17.9 Å². The Morgan fingerprint density at radius 3 is 2.65 bits per heavy atom. The Kier molecular flexibility index (Phi) is 5.17. The van der Waals surface area contributed by atoms with Crippen LogP contribution in [0.4, 0.5) is 10.3 Å². The Morgan fingerprint density at radius 1 is 1.19 bits per heavy atom. The van der Waals surface area contributed by atoms with Crippen LogP contribution in [0.2, 0.25) is 0 Å². The molecular formula is C17H17FN4O3S. The fraction of sp³-hybridized carbons (Fsp3) is 0.176. The monoisotopic (exact) mass is 376 g/mol. The van der Waals surface area contributed by atoms with Gasteiger partial charge in [0.1, 0.15) is 17.9 Å². The van der Waals surface area contributed by atoms with Crippen LogP contribution in [0.3, 0.4) is 0 Å². The molecule has 3 rings (SSSR count). The number of ether oxygens (including phenoxy) is 1. The van der Waals surface area contributed by atoms with Gasteiger partial charge in [-0.25, -0.2) is 22.2 Å². The molecule has 9 heteroatoms. The van der Waals surface area contributed by atoms with E-state index in [2.05, 4.69) is 14.8 Å². The summed E-state index contributed by atoms with van der Waals surface area (Å²) in [6, 6.07) is 12.1. The highest BCUT2D eigenvalue weighted by atomic mass is 32.2. The zero-order valence-corrected chi connectivity index (χ0v) is 14.8. The lowest BCUT2D eigenvalue weighted by molar-refractivity contribution is 0.340. The van der Waals surface area contributed by atoms with E-state index in [4.69, 9.17) is 4.74 Å². The van der Waals surface area contributed by atoms with Gasteiger partial charge in [-0.2, -0.15) is 4.98 Å². The van der Waals surface area contributed by atoms with E-state index in [1.807, 2.05) is 6.92 Å². The molecule has 1 aromatic heterocycles. The van der Waals surface area contributed by atoms with Gasteiger partial charge in [-0.05, 0) is 48.9 Å². The highest BCUT2D eigenvalue weighted by Gasteiger charge is 2.16. The third-order valence-corrected chi connectivity index (χ3v) is 4.78. The molecule has 0 radical (unpaired) electrons. The van der Waals surface area contributed by atoms with Crippen LogP contribution in [-0.2, 0) is 16.6 Å². The Bertz CT molecular complexity index is 987. The molecule has 0 aliphatic rings. The smallest absolute Gasteiger partial charge is 0.264 e. The maximum atomic E-state index is 13.2. The van der Waals surface area contributed by atoms with Gasteiger partial charge in [0, 0.05) is 0 Å². The Morgan fingerprint density at radius 2 is 1.96 bits per heavy atom. The van der Waals surface area contributed by atoms with E-state index in [1.54, 1.807) is 24.3 Å². The van der Waals surface area contributed by atoms with Crippen LogP contribution in [-0.4, -0.2) is 29.8 Å². The van der Waals surface area contributed by atoms with Crippen molar-refractivity contribution in [2.75, 3.05) is 11.3 Å². The Balaban J connectivity index is 1.71. The average Bonchev–Trinajstić information content (AvgIpc) is 3.02. The van der Waals surface area contributed by atoms with Crippen LogP contribution in [0, 0.1) is 5.82 Å². The van der Waals surface area contributed by atoms with Crippen molar-refractivity contribution in [2.24, 2.45) is 0 Å². The first kappa shape index (κ1) is 17.9. The second kappa shape index (κ2) is 7.52. The zero-order chi connectivity index (χ0) is 18.6. The molecule has 0 fully saturated rings. The first-order chi connectivity index (χ1) is 12.5. The summed E-state index contributed by atoms with van der Waals surface area (Å²) < 4.78 is 47.0. The van der Waals surface area contributed by atoms with Gasteiger partial charge in [-0.1, -0.05) is 12.1 Å². The lowest BCUT2D eigenvalue weighted by Crippen LogP contribution is -2.14. The number of nitrogens with one attached hydrogen (secondary N) is 1. The van der Waals surface area contributed by atoms with Crippen LogP contribution in [0.25, 0.3) is 0 Å². The molecule has 0 amide bonds. The quantitative estimate of drug-likeness (QED) is 0.685. The number of sulfonamides is 1. The van der Waals surface area contributed by atoms with Crippen molar-refractivity contribution >= 4 is 16.0 Å². The minimum atomic E-state index is -3.82. The summed E-state index contributed by atoms with van der Waals surface area (Å²) in [6.45, 7) is 2.62. The van der Waals surface area contributed by atoms with E-state index in [1.165, 1.54) is 35.3 Å². The molecule has 0 unspecified atom stereocenters. The Hall–Kier alpha value is -2.94. The second-order valence-corrected chi connectivity index (χ2v) is 7.09. The molecule has 3 aromatic rings. The van der Waals surface area contributed by atoms with E-state index in [-0.39, 0.29) is 23.2 Å². The summed E-state index contributed by atoms with van der Waals surface area (Å²) in [5.74, 6) is 0.179. The highest BCUT2D eigenvalue weighted by Crippen LogP contribution is 2.18. The van der Waals surface area contributed by atoms with Crippen molar-refractivity contribution in [1.29, 1.82) is 0 Å². The van der Waals surface area contributed by atoms with E-state index >= 15 is 0 Å². The van der Waals surface area contributed by atoms with Gasteiger partial charge in [-0.3, -0.25) is 0 Å². The standard InChI is InChI=1S/C17H17FN4O3S/c1-2-25-15-6-8-16(9-7-15)26(23,24)21-17-19-12-22(20-17)11-13-4-3-5-14(18)10-13/h3-10,12H,2,11H2,1H3,(H,20,21). The molecule has 2 aromatic carbocycles. The summed E-state index contributed by atoms with van der Waals surface area (Å²) in [5.41, 5.74) is 0.691. The molecule has 0 spiro atoms. The first-order valence-electron chi connectivity index (χ1n) is 7.86. The lowest BCUT2D eigenvalue weighted by Gasteiger charge is -2.06. The van der Waals surface area contributed by atoms with Crippen LogP contribution >= 0.6 is 0 Å². The molecular weight excluding hydrogens is 359 g/mol. The fourth-order valence-corrected chi connectivity index (χ4v) is 3.25. The van der Waals surface area contributed by atoms with E-state index < -0.39 is 10.0 Å². The van der Waals surface area contributed by atoms with Crippen LogP contribution in [0.1, 0.15) is 12.5 Å². The van der Waals surface area contributed by atoms with Crippen molar-refractivity contribution < 1.29 is 17.5 Å². The predicted molar refractivity (Wildman–Crippen MR) is 93.9 cm³/mol. The van der Waals surface area contributed by atoms with Gasteiger partial charge in [0.15, 0.2) is 0 Å². The summed E-state index contributed by atoms with van der Waals surface area (Å²) in [5, 5.41) is 4.06. The minimum Gasteiger partial charge on any atom is -0.494 e. The lowest BCUT2D eigenvalue weighted by atomic mass is 10.2. The molecule has 0 aliphatic heterocycles. The fourth-order valence-electron chi connectivity index (χ4n) is 2.30. The predicted octanol–water partition coefficient (Wildman–Crippen LogP) is 2.67. The average molecular weight is 376 g/mol. The number of anilines is 1. The zero-order valence-electron chi connectivity index (χ0n) is 14.0. The van der Waals surface area contributed by atoms with Gasteiger partial charge in [0.25, 0.3) is 16.0 Å². The van der Waals surface area contributed by atoms with Crippen LogP contribution in [0.15, 0.2) is 59.8 Å². The van der Waals surface area contributed by atoms with Crippen molar-refractivity contribution in [1.82, 2.24) is 14.8 Å². The van der Waals surface area contributed by atoms with Crippen molar-refractivity contribution in [3.05, 3.63) is 66.2 Å². The van der Waals surface area contributed by atoms with Gasteiger partial charge in [-0.15, -0.1) is 5.10 Å². The number of rotatable bonds is 7. The highest BCUT2D eigenvalue weighted by molar-refractivity contribution is 7.92. The van der Waals surface area contributed by atoms with E-state index in [9.17, 15) is 12.8 Å². The molecule has 26 heavy (non-hydrogen) atoms. The number of hydrogen-bond donors (Lipinski definition) is 1. The van der Waals surface area contributed by atoms with Gasteiger partial charge in [0.05, 0.1) is 18.0 Å². The summed E-state index contributed by atoms with van der Waals surface area (Å²) in [6.07, 6.45) is 1.38. The van der Waals surface area contributed by atoms with Crippen LogP contribution in [0.5, 0.6) is 5.75 Å². The molecule has 0 aliphatic carbocycles. The Labute approximate surface area is 150 Å². The molecule has 1 heterocycles. The molecule has 0 bridgehead atoms. The third-order valence-electron chi connectivity index (χ3n) is 3.44. The number of benzene rings is 2. The molecule has 7 nitrogen and oxygen atoms in total. The maximum absolute atomic E-state index is 13.2. The second-order valence-electron chi connectivity index (χ2n) is 5.41. The summed E-state index contributed by atoms with van der Waals surface area (Å²) >= 11 is 0. The number of halogens is 1. The van der Waals surface area contributed by atoms with Crippen molar-refractivity contribution in [3.8, 4) is 5.75 Å². The molecule has 1 N–H and O–H groups in total. The van der Waals surface area contributed by atoms with E-state index in [0.717, 1.165) is 0 Å². The van der Waals surface area contributed by atoms with Gasteiger partial charge in [0.2, 0.25) is 0 Å². The molecule has 0 atom stereocenters. The van der Waals surface area contributed by atoms with Gasteiger partial charge < -0.3 is 4.74 Å². The topological polar surface area (TPSA) is 86.1 Å². The first-order valence-corrected chi connectivity index (χ1v) is 9.34. The number of nitrogens with zero attached hydrogens (tertiary/aromatic N) is 3. The van der Waals surface area contributed by atoms with Crippen molar-refractivity contribution in [3.63, 3.8) is 0 Å². The maximum Gasteiger partial charge on any atom is 0.264 e. The van der Waals surface area contributed by atoms with Crippen LogP contribution < -0.4 is 9.46 Å². The summed E-state index contributed by atoms with van der Waals surface area (Å²) in [4.78, 5) is 4.01. The van der Waals surface area contributed by atoms with Gasteiger partial charge >= 0.3 is 0 Å².